The second-order valence-electron chi connectivity index (χ2n) is 10.0. The van der Waals surface area contributed by atoms with Crippen LogP contribution in [0.15, 0.2) is 60.7 Å². The molecule has 2 saturated heterocycles. The van der Waals surface area contributed by atoms with E-state index in [1.165, 1.54) is 17.0 Å². The van der Waals surface area contributed by atoms with E-state index in [1.807, 2.05) is 36.4 Å². The minimum absolute atomic E-state index is 0.0358. The number of nitrogens with zero attached hydrogens (tertiary/aromatic N) is 5. The molecular formula is C30H34FN5O4. The maximum absolute atomic E-state index is 14.4. The fourth-order valence-electron chi connectivity index (χ4n) is 5.15. The molecule has 5 rings (SSSR count). The van der Waals surface area contributed by atoms with Gasteiger partial charge in [-0.2, -0.15) is 0 Å². The van der Waals surface area contributed by atoms with Crippen LogP contribution in [0.4, 0.5) is 10.2 Å². The van der Waals surface area contributed by atoms with E-state index < -0.39 is 11.7 Å². The lowest BCUT2D eigenvalue weighted by atomic mass is 10.1. The van der Waals surface area contributed by atoms with Gasteiger partial charge in [-0.15, -0.1) is 10.2 Å². The summed E-state index contributed by atoms with van der Waals surface area (Å²) >= 11 is 0. The Morgan fingerprint density at radius 3 is 2.65 bits per heavy atom. The first-order chi connectivity index (χ1) is 19.5. The van der Waals surface area contributed by atoms with Gasteiger partial charge in [0, 0.05) is 44.9 Å². The predicted molar refractivity (Wildman–Crippen MR) is 149 cm³/mol. The molecule has 3 heterocycles. The first kappa shape index (κ1) is 27.5. The van der Waals surface area contributed by atoms with E-state index in [0.29, 0.717) is 26.2 Å². The van der Waals surface area contributed by atoms with Crippen molar-refractivity contribution in [3.63, 3.8) is 0 Å². The average molecular weight is 548 g/mol. The van der Waals surface area contributed by atoms with Crippen molar-refractivity contribution >= 4 is 17.6 Å². The molecule has 10 heteroatoms. The summed E-state index contributed by atoms with van der Waals surface area (Å²) in [7, 11) is 1.63. The Kier molecular flexibility index (Phi) is 8.85. The summed E-state index contributed by atoms with van der Waals surface area (Å²) in [6, 6.07) is 17.4. The van der Waals surface area contributed by atoms with E-state index in [1.54, 1.807) is 24.1 Å². The van der Waals surface area contributed by atoms with Gasteiger partial charge >= 0.3 is 0 Å². The first-order valence-electron chi connectivity index (χ1n) is 13.7. The zero-order valence-electron chi connectivity index (χ0n) is 22.7. The second kappa shape index (κ2) is 12.9. The van der Waals surface area contributed by atoms with Gasteiger partial charge in [-0.3, -0.25) is 9.59 Å². The monoisotopic (exact) mass is 547 g/mol. The van der Waals surface area contributed by atoms with Crippen LogP contribution in [0.3, 0.4) is 0 Å². The Balaban J connectivity index is 1.23. The van der Waals surface area contributed by atoms with E-state index >= 15 is 0 Å². The van der Waals surface area contributed by atoms with Crippen molar-refractivity contribution in [3.05, 3.63) is 72.0 Å². The van der Waals surface area contributed by atoms with Crippen LogP contribution in [-0.4, -0.2) is 90.9 Å². The van der Waals surface area contributed by atoms with Gasteiger partial charge in [0.15, 0.2) is 5.82 Å². The van der Waals surface area contributed by atoms with Gasteiger partial charge < -0.3 is 24.2 Å². The fourth-order valence-corrected chi connectivity index (χ4v) is 5.15. The number of ether oxygens (including phenoxy) is 2. The van der Waals surface area contributed by atoms with E-state index in [2.05, 4.69) is 15.1 Å². The van der Waals surface area contributed by atoms with Gasteiger partial charge in [0.25, 0.3) is 5.91 Å². The van der Waals surface area contributed by atoms with Crippen molar-refractivity contribution in [3.8, 4) is 17.0 Å². The SMILES string of the molecule is COc1cccc(-c2ccc(N3CCCN(C(=O)CN(CC4CCCO4)C(=O)c4ccccc4F)CC3)nn2)c1. The molecule has 1 aromatic heterocycles. The molecule has 0 spiro atoms. The second-order valence-corrected chi connectivity index (χ2v) is 10.0. The quantitative estimate of drug-likeness (QED) is 0.425. The zero-order chi connectivity index (χ0) is 27.9. The Morgan fingerprint density at radius 1 is 1.02 bits per heavy atom. The molecule has 2 aliphatic heterocycles. The molecule has 0 aliphatic carbocycles. The predicted octanol–water partition coefficient (Wildman–Crippen LogP) is 3.65. The number of aromatic nitrogens is 2. The van der Waals surface area contributed by atoms with Crippen LogP contribution in [0.2, 0.25) is 0 Å². The topological polar surface area (TPSA) is 88.1 Å². The molecule has 3 aromatic rings. The molecule has 0 radical (unpaired) electrons. The largest absolute Gasteiger partial charge is 0.497 e. The number of carbonyl (C=O) groups excluding carboxylic acids is 2. The highest BCUT2D eigenvalue weighted by Gasteiger charge is 2.29. The minimum atomic E-state index is -0.596. The highest BCUT2D eigenvalue weighted by atomic mass is 19.1. The van der Waals surface area contributed by atoms with E-state index in [9.17, 15) is 14.0 Å². The van der Waals surface area contributed by atoms with E-state index in [4.69, 9.17) is 9.47 Å². The maximum atomic E-state index is 14.4. The lowest BCUT2D eigenvalue weighted by molar-refractivity contribution is -0.132. The third-order valence-electron chi connectivity index (χ3n) is 7.35. The van der Waals surface area contributed by atoms with Gasteiger partial charge in [0.05, 0.1) is 24.5 Å². The van der Waals surface area contributed by atoms with Crippen LogP contribution >= 0.6 is 0 Å². The van der Waals surface area contributed by atoms with Gasteiger partial charge in [0.2, 0.25) is 5.91 Å². The molecule has 2 aromatic carbocycles. The number of benzene rings is 2. The smallest absolute Gasteiger partial charge is 0.257 e. The molecule has 40 heavy (non-hydrogen) atoms. The van der Waals surface area contributed by atoms with Crippen LogP contribution in [0, 0.1) is 5.82 Å². The Bertz CT molecular complexity index is 1320. The minimum Gasteiger partial charge on any atom is -0.497 e. The summed E-state index contributed by atoms with van der Waals surface area (Å²) in [6.45, 7) is 3.13. The van der Waals surface area contributed by atoms with Crippen molar-refractivity contribution in [1.82, 2.24) is 20.0 Å². The van der Waals surface area contributed by atoms with Crippen LogP contribution in [0.5, 0.6) is 5.75 Å². The summed E-state index contributed by atoms with van der Waals surface area (Å²) in [4.78, 5) is 32.0. The fraction of sp³-hybridized carbons (Fsp3) is 0.400. The van der Waals surface area contributed by atoms with Gasteiger partial charge in [-0.1, -0.05) is 24.3 Å². The normalized spacial score (nSPS) is 17.4. The first-order valence-corrected chi connectivity index (χ1v) is 13.7. The van der Waals surface area contributed by atoms with Gasteiger partial charge in [-0.25, -0.2) is 4.39 Å². The summed E-state index contributed by atoms with van der Waals surface area (Å²) in [6.07, 6.45) is 2.32. The van der Waals surface area contributed by atoms with Crippen LogP contribution < -0.4 is 9.64 Å². The number of methoxy groups -OCH3 is 1. The van der Waals surface area contributed by atoms with Crippen LogP contribution in [0.25, 0.3) is 11.3 Å². The number of amides is 2. The molecule has 2 aliphatic rings. The van der Waals surface area contributed by atoms with Gasteiger partial charge in [-0.05, 0) is 55.7 Å². The molecule has 210 valence electrons. The molecular weight excluding hydrogens is 513 g/mol. The van der Waals surface area contributed by atoms with Crippen LogP contribution in [-0.2, 0) is 9.53 Å². The molecule has 0 bridgehead atoms. The third-order valence-corrected chi connectivity index (χ3v) is 7.35. The molecule has 2 amide bonds. The number of anilines is 1. The van der Waals surface area contributed by atoms with Crippen molar-refractivity contribution in [2.24, 2.45) is 0 Å². The highest BCUT2D eigenvalue weighted by molar-refractivity contribution is 5.96. The lowest BCUT2D eigenvalue weighted by Crippen LogP contribution is -2.46. The van der Waals surface area contributed by atoms with Crippen LogP contribution in [0.1, 0.15) is 29.6 Å². The highest BCUT2D eigenvalue weighted by Crippen LogP contribution is 2.23. The number of carbonyl (C=O) groups is 2. The molecule has 1 atom stereocenters. The number of halogens is 1. The molecule has 9 nitrogen and oxygen atoms in total. The van der Waals surface area contributed by atoms with Crippen molar-refractivity contribution < 1.29 is 23.5 Å². The zero-order valence-corrected chi connectivity index (χ0v) is 22.7. The third kappa shape index (κ3) is 6.56. The van der Waals surface area contributed by atoms with Crippen molar-refractivity contribution in [2.75, 3.05) is 57.9 Å². The Hall–Kier alpha value is -4.05. The number of hydrogen-bond acceptors (Lipinski definition) is 7. The Morgan fingerprint density at radius 2 is 1.90 bits per heavy atom. The summed E-state index contributed by atoms with van der Waals surface area (Å²) in [5, 5.41) is 8.86. The lowest BCUT2D eigenvalue weighted by Gasteiger charge is -2.28. The molecule has 1 unspecified atom stereocenters. The van der Waals surface area contributed by atoms with Gasteiger partial charge in [0.1, 0.15) is 18.1 Å². The van der Waals surface area contributed by atoms with Crippen molar-refractivity contribution in [2.45, 2.75) is 25.4 Å². The summed E-state index contributed by atoms with van der Waals surface area (Å²) in [5.41, 5.74) is 1.63. The summed E-state index contributed by atoms with van der Waals surface area (Å²) < 4.78 is 25.4. The Labute approximate surface area is 233 Å². The standard InChI is InChI=1S/C30H34FN5O4/c1-39-23-8-4-7-22(19-23)27-12-13-28(33-32-27)34-14-6-15-35(17-16-34)29(37)21-36(20-24-9-5-18-40-24)30(38)25-10-2-3-11-26(25)31/h2-4,7-8,10-13,19,24H,5-6,9,14-18,20-21H2,1H3. The van der Waals surface area contributed by atoms with E-state index in [0.717, 1.165) is 48.6 Å². The molecule has 0 N–H and O–H groups in total. The van der Waals surface area contributed by atoms with E-state index in [-0.39, 0.29) is 30.7 Å². The maximum Gasteiger partial charge on any atom is 0.257 e. The number of rotatable bonds is 8. The molecule has 0 saturated carbocycles. The average Bonchev–Trinajstić information content (AvgIpc) is 3.38. The number of hydrogen-bond donors (Lipinski definition) is 0. The summed E-state index contributed by atoms with van der Waals surface area (Å²) in [5.74, 6) is 0.247. The van der Waals surface area contributed by atoms with Crippen molar-refractivity contribution in [1.29, 1.82) is 0 Å². The molecule has 2 fully saturated rings.